The van der Waals surface area contributed by atoms with Crippen molar-refractivity contribution in [3.05, 3.63) is 262 Å². The van der Waals surface area contributed by atoms with Crippen LogP contribution in [0.15, 0.2) is 128 Å². The minimum Gasteiger partial charge on any atom is -0.342 e. The molecule has 34 heteroatoms. The Morgan fingerprint density at radius 2 is 0.641 bits per heavy atom. The number of hydrogen-bond donors (Lipinski definition) is 5. The second-order valence-corrected chi connectivity index (χ2v) is 39.3. The third-order valence-corrected chi connectivity index (χ3v) is 32.1. The number of halogens is 14. The highest BCUT2D eigenvalue weighted by molar-refractivity contribution is 6.33. The predicted molar refractivity (Wildman–Crippen MR) is 453 cm³/mol. The number of nitrogens with zero attached hydrogens (tertiary/aromatic N) is 10. The van der Waals surface area contributed by atoms with Crippen molar-refractivity contribution in [1.82, 2.24) is 75.5 Å². The van der Waals surface area contributed by atoms with E-state index in [1.54, 1.807) is 32.3 Å². The number of aromatic nitrogens is 10. The maximum Gasteiger partial charge on any atom is 0.416 e. The van der Waals surface area contributed by atoms with Gasteiger partial charge in [0.05, 0.1) is 73.5 Å². The molecule has 5 saturated carbocycles. The van der Waals surface area contributed by atoms with E-state index in [0.717, 1.165) is 94.3 Å². The summed E-state index contributed by atoms with van der Waals surface area (Å²) in [5.74, 6) is -2.18. The molecule has 5 amide bonds. The number of amides is 5. The summed E-state index contributed by atoms with van der Waals surface area (Å²) in [6.07, 6.45) is 1.69. The van der Waals surface area contributed by atoms with Gasteiger partial charge in [-0.05, 0) is 225 Å². The molecular formula is C94H99Cl2F12N15O5. The van der Waals surface area contributed by atoms with Crippen molar-refractivity contribution in [2.45, 2.75) is 216 Å². The summed E-state index contributed by atoms with van der Waals surface area (Å²) < 4.78 is 168. The summed E-state index contributed by atoms with van der Waals surface area (Å²) in [6, 6.07) is 26.4. The summed E-state index contributed by atoms with van der Waals surface area (Å²) >= 11 is 12.4. The lowest BCUT2D eigenvalue weighted by molar-refractivity contribution is -0.137. The summed E-state index contributed by atoms with van der Waals surface area (Å²) in [5.41, 5.74) is 2.32. The molecule has 0 saturated heterocycles. The largest absolute Gasteiger partial charge is 0.416 e. The van der Waals surface area contributed by atoms with Crippen molar-refractivity contribution >= 4 is 52.7 Å². The molecule has 10 unspecified atom stereocenters. The fraction of sp³-hybridized carbons (Fsp3) is 0.468. The number of carbonyl (C=O) groups is 5. The van der Waals surface area contributed by atoms with Crippen molar-refractivity contribution in [1.29, 1.82) is 0 Å². The van der Waals surface area contributed by atoms with Crippen LogP contribution in [-0.4, -0.2) is 78.4 Å². The van der Waals surface area contributed by atoms with Gasteiger partial charge in [0.15, 0.2) is 0 Å². The molecule has 678 valence electrons. The SMILES string of the molecule is Cn1cc(C(=O)NC23CCC(c4cc(F)ccc42)C3(C)C)c(C(F)F)n1.Cn1cc(C(=O)NC23CCC(c4ccc(C(F)(F)F)cc42)C3(C)C)c(C(F)F)n1.Cn1cc(C(=O)NC23CCC(c4ccc(F)cc42)C3(C)C)c(C(F)F)n1.Cn1ncc(C(=O)NC23CCC(c4ccc(F)cc42)C3(C)C)c1Cl.Cn1ncc(C(=O)NC23CCC(c4ccccc42)C3(C)C)c1Cl. The van der Waals surface area contributed by atoms with Crippen LogP contribution in [0, 0.1) is 44.5 Å². The molecule has 10 atom stereocenters. The van der Waals surface area contributed by atoms with E-state index < -0.39 is 93.4 Å². The first-order valence-corrected chi connectivity index (χ1v) is 43.3. The van der Waals surface area contributed by atoms with Crippen LogP contribution in [0.5, 0.6) is 0 Å². The van der Waals surface area contributed by atoms with Crippen LogP contribution in [0.3, 0.4) is 0 Å². The predicted octanol–water partition coefficient (Wildman–Crippen LogP) is 20.4. The zero-order chi connectivity index (χ0) is 92.7. The van der Waals surface area contributed by atoms with Gasteiger partial charge in [-0.25, -0.2) is 39.5 Å². The fourth-order valence-corrected chi connectivity index (χ4v) is 24.8. The van der Waals surface area contributed by atoms with Crippen LogP contribution >= 0.6 is 23.2 Å². The Bertz CT molecular complexity index is 6180. The van der Waals surface area contributed by atoms with Gasteiger partial charge in [0.1, 0.15) is 44.8 Å². The second kappa shape index (κ2) is 31.3. The number of nitrogens with one attached hydrogen (secondary N) is 5. The minimum absolute atomic E-state index is 0.0129. The third-order valence-electron chi connectivity index (χ3n) is 31.2. The van der Waals surface area contributed by atoms with Crippen LogP contribution in [0.2, 0.25) is 10.3 Å². The summed E-state index contributed by atoms with van der Waals surface area (Å²) in [4.78, 5) is 64.5. The monoisotopic (exact) mass is 1820 g/mol. The molecule has 5 heterocycles. The topological polar surface area (TPSA) is 235 Å². The zero-order valence-corrected chi connectivity index (χ0v) is 74.6. The van der Waals surface area contributed by atoms with Gasteiger partial charge >= 0.3 is 6.18 Å². The van der Waals surface area contributed by atoms with E-state index in [4.69, 9.17) is 23.2 Å². The molecule has 5 aromatic carbocycles. The third kappa shape index (κ3) is 13.6. The van der Waals surface area contributed by atoms with Gasteiger partial charge in [0, 0.05) is 53.8 Å². The maximum absolute atomic E-state index is 13.9. The molecule has 0 aliphatic heterocycles. The van der Waals surface area contributed by atoms with E-state index in [9.17, 15) is 76.7 Å². The minimum atomic E-state index is -4.52. The average Bonchev–Trinajstić information content (AvgIpc) is 1.55. The number of rotatable bonds is 13. The maximum atomic E-state index is 13.9. The average molecular weight is 1820 g/mol. The lowest BCUT2D eigenvalue weighted by atomic mass is 9.73. The van der Waals surface area contributed by atoms with Gasteiger partial charge in [0.25, 0.3) is 48.8 Å². The molecule has 10 bridgehead atoms. The normalized spacial score (nSPS) is 25.8. The lowest BCUT2D eigenvalue weighted by Crippen LogP contribution is -2.51. The molecule has 10 aliphatic carbocycles. The Kier molecular flexibility index (Phi) is 22.1. The van der Waals surface area contributed by atoms with Gasteiger partial charge in [0.2, 0.25) is 0 Å². The van der Waals surface area contributed by atoms with Crippen LogP contribution < -0.4 is 26.6 Å². The Morgan fingerprint density at radius 3 is 0.961 bits per heavy atom. The Morgan fingerprint density at radius 1 is 0.367 bits per heavy atom. The van der Waals surface area contributed by atoms with Crippen LogP contribution in [0.1, 0.15) is 312 Å². The molecule has 5 aromatic heterocycles. The van der Waals surface area contributed by atoms with E-state index in [1.165, 1.54) is 118 Å². The van der Waals surface area contributed by atoms with E-state index in [0.29, 0.717) is 64.5 Å². The summed E-state index contributed by atoms with van der Waals surface area (Å²) in [5, 5.41) is 35.2. The number of alkyl halides is 9. The number of benzene rings is 5. The summed E-state index contributed by atoms with van der Waals surface area (Å²) in [6.45, 7) is 20.8. The summed E-state index contributed by atoms with van der Waals surface area (Å²) in [7, 11) is 7.85. The van der Waals surface area contributed by atoms with Gasteiger partial charge < -0.3 is 26.6 Å². The Labute approximate surface area is 741 Å². The molecule has 5 fully saturated rings. The number of hydrogen-bond acceptors (Lipinski definition) is 10. The lowest BCUT2D eigenvalue weighted by Gasteiger charge is -2.40. The molecule has 5 N–H and O–H groups in total. The van der Waals surface area contributed by atoms with Crippen LogP contribution in [0.25, 0.3) is 0 Å². The van der Waals surface area contributed by atoms with Crippen LogP contribution in [-0.2, 0) is 69.1 Å². The molecule has 0 spiro atoms. The first-order valence-electron chi connectivity index (χ1n) is 42.5. The van der Waals surface area contributed by atoms with Gasteiger partial charge in [-0.15, -0.1) is 0 Å². The van der Waals surface area contributed by atoms with Gasteiger partial charge in [-0.2, -0.15) is 38.7 Å². The van der Waals surface area contributed by atoms with Gasteiger partial charge in [-0.3, -0.25) is 47.4 Å². The quantitative estimate of drug-likeness (QED) is 0.0685. The van der Waals surface area contributed by atoms with Crippen molar-refractivity contribution in [2.24, 2.45) is 62.3 Å². The number of carbonyl (C=O) groups excluding carboxylic acids is 5. The van der Waals surface area contributed by atoms with Crippen molar-refractivity contribution < 1.29 is 76.7 Å². The Balaban J connectivity index is 0.000000118. The van der Waals surface area contributed by atoms with Crippen molar-refractivity contribution in [2.75, 3.05) is 0 Å². The molecule has 0 radical (unpaired) electrons. The highest BCUT2D eigenvalue weighted by Crippen LogP contribution is 2.72. The van der Waals surface area contributed by atoms with E-state index >= 15 is 0 Å². The molecule has 20 nitrogen and oxygen atoms in total. The molecule has 128 heavy (non-hydrogen) atoms. The highest BCUT2D eigenvalue weighted by atomic mass is 35.5. The van der Waals surface area contributed by atoms with Crippen molar-refractivity contribution in [3.8, 4) is 0 Å². The first kappa shape index (κ1) is 90.6. The number of aryl methyl sites for hydroxylation is 5. The molecule has 10 aromatic rings. The zero-order valence-electron chi connectivity index (χ0n) is 73.1. The van der Waals surface area contributed by atoms with E-state index in [1.807, 2.05) is 47.6 Å². The van der Waals surface area contributed by atoms with Gasteiger partial charge in [-0.1, -0.05) is 141 Å². The van der Waals surface area contributed by atoms with Crippen LogP contribution in [0.4, 0.5) is 52.7 Å². The van der Waals surface area contributed by atoms with E-state index in [-0.39, 0.29) is 90.9 Å². The number of fused-ring (bicyclic) bond motifs is 25. The fourth-order valence-electron chi connectivity index (χ4n) is 24.5. The standard InChI is InChI=1S/C20H20F5N3O.2C19H20F3N3O.C18H19ClFN3O.C18H20ClN3O/c1-18(2)13-6-7-19(18,14-8-10(20(23,24)25)4-5-11(13)14)26-17(29)12-9-28(3)27-15(12)16(21)22;1-18(2)13-6-7-19(18,14-5-4-10(20)8-11(13)14)23-17(26)12-9-25(3)24-15(12)16(21)22;1-18(2)13-6-7-19(18,14-8-10(20)4-5-11(13)14)23-17(26)12-9-25(3)24-15(12)16(21)22;1-17(2)13-6-7-18(17,14-8-10(20)4-5-11(13)14)22-16(24)12-9-21-23(3)15(12)19;1-17(2)13-8-9-18(17,14-7-5-4-6-11(13)14)21-16(23)12-10-20-22(3)15(12)19/h4-5,8-9,13,16H,6-7H2,1-3H3,(H,26,29);2*4-5,8-9,13,16H,6-7H2,1-3H3,(H,23,26);4-5,8-9,13H,6-7H2,1-3H3,(H,22,24);4-7,10,13H,8-9H2,1-3H3,(H,21,23). The van der Waals surface area contributed by atoms with E-state index in [2.05, 4.69) is 104 Å². The highest BCUT2D eigenvalue weighted by Gasteiger charge is 2.68. The molecule has 20 rings (SSSR count). The molecule has 10 aliphatic rings. The first-order chi connectivity index (χ1) is 59.9. The van der Waals surface area contributed by atoms with Crippen molar-refractivity contribution in [3.63, 3.8) is 0 Å². The second-order valence-electron chi connectivity index (χ2n) is 38.6. The Hall–Kier alpha value is -10.8. The smallest absolute Gasteiger partial charge is 0.342 e. The molecular weight excluding hydrogens is 1720 g/mol.